The molecule has 5 nitrogen and oxygen atoms in total. The zero-order valence-corrected chi connectivity index (χ0v) is 14.2. The number of hydrogen-bond acceptors (Lipinski definition) is 4. The quantitative estimate of drug-likeness (QED) is 0.751. The van der Waals surface area contributed by atoms with Gasteiger partial charge in [-0.15, -0.1) is 0 Å². The van der Waals surface area contributed by atoms with Crippen LogP contribution in [0.4, 0.5) is 10.5 Å². The van der Waals surface area contributed by atoms with Gasteiger partial charge in [-0.3, -0.25) is 0 Å². The number of carbonyl (C=O) groups is 1. The van der Waals surface area contributed by atoms with Gasteiger partial charge in [-0.05, 0) is 38.0 Å². The lowest BCUT2D eigenvalue weighted by Crippen LogP contribution is -2.32. The molecule has 24 heavy (non-hydrogen) atoms. The second-order valence-corrected chi connectivity index (χ2v) is 6.63. The van der Waals surface area contributed by atoms with Gasteiger partial charge in [0, 0.05) is 17.8 Å². The van der Waals surface area contributed by atoms with E-state index in [0.717, 1.165) is 11.1 Å². The molecular formula is C19H24N2O3. The fourth-order valence-electron chi connectivity index (χ4n) is 2.30. The number of carbonyl (C=O) groups excluding carboxylic acids is 1. The van der Waals surface area contributed by atoms with Crippen LogP contribution in [0.2, 0.25) is 0 Å². The van der Waals surface area contributed by atoms with Gasteiger partial charge in [-0.25, -0.2) is 4.79 Å². The van der Waals surface area contributed by atoms with E-state index in [0.29, 0.717) is 17.8 Å². The van der Waals surface area contributed by atoms with Gasteiger partial charge < -0.3 is 20.9 Å². The van der Waals surface area contributed by atoms with E-state index in [-0.39, 0.29) is 0 Å². The van der Waals surface area contributed by atoms with Crippen LogP contribution in [-0.4, -0.2) is 16.8 Å². The summed E-state index contributed by atoms with van der Waals surface area (Å²) in [6.07, 6.45) is -1.28. The molecule has 0 bridgehead atoms. The molecule has 1 amide bonds. The molecule has 2 aromatic carbocycles. The van der Waals surface area contributed by atoms with Crippen molar-refractivity contribution in [2.24, 2.45) is 0 Å². The Kier molecular flexibility index (Phi) is 5.46. The largest absolute Gasteiger partial charge is 0.444 e. The molecule has 0 saturated heterocycles. The summed E-state index contributed by atoms with van der Waals surface area (Å²) in [4.78, 5) is 11.7. The summed E-state index contributed by atoms with van der Waals surface area (Å²) in [5.74, 6) is 0. The van der Waals surface area contributed by atoms with Crippen LogP contribution in [0.1, 0.15) is 43.6 Å². The highest BCUT2D eigenvalue weighted by Crippen LogP contribution is 2.26. The summed E-state index contributed by atoms with van der Waals surface area (Å²) in [5.41, 5.74) is 8.18. The molecule has 0 radical (unpaired) electrons. The number of hydrogen-bond donors (Lipinski definition) is 3. The molecule has 5 heteroatoms. The fourth-order valence-corrected chi connectivity index (χ4v) is 2.30. The summed E-state index contributed by atoms with van der Waals surface area (Å²) in [7, 11) is 0. The maximum atomic E-state index is 11.7. The number of rotatable bonds is 4. The molecule has 0 aliphatic rings. The first-order chi connectivity index (χ1) is 11.3. The van der Waals surface area contributed by atoms with Crippen molar-refractivity contribution < 1.29 is 14.6 Å². The molecule has 0 aliphatic heterocycles. The minimum atomic E-state index is -0.812. The Morgan fingerprint density at radius 3 is 2.58 bits per heavy atom. The van der Waals surface area contributed by atoms with Crippen molar-refractivity contribution in [2.45, 2.75) is 39.0 Å². The molecule has 0 spiro atoms. The van der Waals surface area contributed by atoms with Crippen LogP contribution in [0, 0.1) is 0 Å². The molecule has 0 fully saturated rings. The second-order valence-electron chi connectivity index (χ2n) is 6.63. The van der Waals surface area contributed by atoms with Crippen LogP contribution >= 0.6 is 0 Å². The predicted octanol–water partition coefficient (Wildman–Crippen LogP) is 3.38. The first kappa shape index (κ1) is 17.8. The molecular weight excluding hydrogens is 304 g/mol. The van der Waals surface area contributed by atoms with E-state index < -0.39 is 17.8 Å². The summed E-state index contributed by atoms with van der Waals surface area (Å²) in [6, 6.07) is 14.6. The smallest absolute Gasteiger partial charge is 0.407 e. The minimum absolute atomic E-state index is 0.319. The number of amides is 1. The van der Waals surface area contributed by atoms with Crippen LogP contribution in [-0.2, 0) is 11.3 Å². The highest BCUT2D eigenvalue weighted by Gasteiger charge is 2.16. The number of nitrogens with one attached hydrogen (secondary N) is 1. The number of aliphatic hydroxyl groups is 1. The van der Waals surface area contributed by atoms with Crippen molar-refractivity contribution in [2.75, 3.05) is 5.73 Å². The molecule has 0 aromatic heterocycles. The predicted molar refractivity (Wildman–Crippen MR) is 94.4 cm³/mol. The number of nitrogens with two attached hydrogens (primary N) is 1. The van der Waals surface area contributed by atoms with Crippen molar-refractivity contribution >= 4 is 11.8 Å². The van der Waals surface area contributed by atoms with Gasteiger partial charge in [0.15, 0.2) is 0 Å². The number of anilines is 1. The maximum absolute atomic E-state index is 11.7. The molecule has 1 atom stereocenters. The Morgan fingerprint density at radius 2 is 1.92 bits per heavy atom. The third-order valence-electron chi connectivity index (χ3n) is 3.39. The van der Waals surface area contributed by atoms with Gasteiger partial charge in [0.1, 0.15) is 11.7 Å². The summed E-state index contributed by atoms with van der Waals surface area (Å²) >= 11 is 0. The molecule has 0 heterocycles. The molecule has 1 unspecified atom stereocenters. The summed E-state index contributed by atoms with van der Waals surface area (Å²) in [5, 5.41) is 13.2. The van der Waals surface area contributed by atoms with E-state index in [4.69, 9.17) is 10.5 Å². The van der Waals surface area contributed by atoms with Crippen molar-refractivity contribution in [3.63, 3.8) is 0 Å². The summed E-state index contributed by atoms with van der Waals surface area (Å²) < 4.78 is 5.21. The van der Waals surface area contributed by atoms with E-state index in [1.54, 1.807) is 12.1 Å². The van der Waals surface area contributed by atoms with Crippen LogP contribution in [0.5, 0.6) is 0 Å². The van der Waals surface area contributed by atoms with Gasteiger partial charge in [-0.2, -0.15) is 0 Å². The Morgan fingerprint density at radius 1 is 1.21 bits per heavy atom. The normalized spacial score (nSPS) is 12.5. The van der Waals surface area contributed by atoms with E-state index in [1.807, 2.05) is 57.2 Å². The van der Waals surface area contributed by atoms with Crippen molar-refractivity contribution in [1.29, 1.82) is 0 Å². The van der Waals surface area contributed by atoms with Crippen molar-refractivity contribution in [3.05, 3.63) is 65.2 Å². The molecule has 0 saturated carbocycles. The number of para-hydroxylation sites is 1. The summed E-state index contributed by atoms with van der Waals surface area (Å²) in [6.45, 7) is 5.76. The number of aliphatic hydroxyl groups excluding tert-OH is 1. The molecule has 4 N–H and O–H groups in total. The fraction of sp³-hybridized carbons (Fsp3) is 0.316. The standard InChI is InChI=1S/C19H24N2O3/c1-19(2,3)24-18(23)21-12-13-7-6-8-14(11-13)17(22)15-9-4-5-10-16(15)20/h4-11,17,22H,12,20H2,1-3H3,(H,21,23). The topological polar surface area (TPSA) is 84.6 Å². The van der Waals surface area contributed by atoms with Crippen molar-refractivity contribution in [3.8, 4) is 0 Å². The van der Waals surface area contributed by atoms with Crippen molar-refractivity contribution in [1.82, 2.24) is 5.32 Å². The number of ether oxygens (including phenoxy) is 1. The third-order valence-corrected chi connectivity index (χ3v) is 3.39. The van der Waals surface area contributed by atoms with E-state index >= 15 is 0 Å². The first-order valence-electron chi connectivity index (χ1n) is 7.84. The lowest BCUT2D eigenvalue weighted by molar-refractivity contribution is 0.0523. The van der Waals surface area contributed by atoms with Crippen LogP contribution in [0.25, 0.3) is 0 Å². The number of nitrogen functional groups attached to an aromatic ring is 1. The van der Waals surface area contributed by atoms with Crippen LogP contribution in [0.15, 0.2) is 48.5 Å². The molecule has 2 rings (SSSR count). The Bertz CT molecular complexity index is 708. The van der Waals surface area contributed by atoms with Gasteiger partial charge in [0.25, 0.3) is 0 Å². The highest BCUT2D eigenvalue weighted by molar-refractivity contribution is 5.67. The molecule has 128 valence electrons. The molecule has 0 aliphatic carbocycles. The van der Waals surface area contributed by atoms with E-state index in [9.17, 15) is 9.90 Å². The Hall–Kier alpha value is -2.53. The van der Waals surface area contributed by atoms with Gasteiger partial charge in [0.2, 0.25) is 0 Å². The van der Waals surface area contributed by atoms with E-state index in [1.165, 1.54) is 0 Å². The number of benzene rings is 2. The monoisotopic (exact) mass is 328 g/mol. The van der Waals surface area contributed by atoms with Crippen LogP contribution < -0.4 is 11.1 Å². The SMILES string of the molecule is CC(C)(C)OC(=O)NCc1cccc(C(O)c2ccccc2N)c1. The van der Waals surface area contributed by atoms with Gasteiger partial charge >= 0.3 is 6.09 Å². The van der Waals surface area contributed by atoms with Gasteiger partial charge in [-0.1, -0.05) is 42.5 Å². The molecule has 2 aromatic rings. The second kappa shape index (κ2) is 7.36. The first-order valence-corrected chi connectivity index (χ1v) is 7.84. The van der Waals surface area contributed by atoms with Gasteiger partial charge in [0.05, 0.1) is 0 Å². The zero-order chi connectivity index (χ0) is 17.7. The zero-order valence-electron chi connectivity index (χ0n) is 14.2. The maximum Gasteiger partial charge on any atom is 0.407 e. The lowest BCUT2D eigenvalue weighted by atomic mass is 9.98. The minimum Gasteiger partial charge on any atom is -0.444 e. The van der Waals surface area contributed by atoms with Crippen LogP contribution in [0.3, 0.4) is 0 Å². The average Bonchev–Trinajstić information content (AvgIpc) is 2.51. The Labute approximate surface area is 142 Å². The average molecular weight is 328 g/mol. The number of alkyl carbamates (subject to hydrolysis) is 1. The lowest BCUT2D eigenvalue weighted by Gasteiger charge is -2.20. The highest BCUT2D eigenvalue weighted by atomic mass is 16.6. The van der Waals surface area contributed by atoms with E-state index in [2.05, 4.69) is 5.32 Å². The Balaban J connectivity index is 2.06. The third kappa shape index (κ3) is 4.99.